The quantitative estimate of drug-likeness (QED) is 0.377. The van der Waals surface area contributed by atoms with Crippen LogP contribution in [0, 0.1) is 0 Å². The summed E-state index contributed by atoms with van der Waals surface area (Å²) in [6.45, 7) is 8.67. The van der Waals surface area contributed by atoms with E-state index in [4.69, 9.17) is 25.2 Å². The minimum atomic E-state index is -0.833. The number of benzene rings is 1. The largest absolute Gasteiger partial charge is 0.461 e. The summed E-state index contributed by atoms with van der Waals surface area (Å²) in [4.78, 5) is 29.0. The van der Waals surface area contributed by atoms with E-state index in [1.165, 1.54) is 5.56 Å². The number of nitrogens with zero attached hydrogens (tertiary/aromatic N) is 7. The Kier molecular flexibility index (Phi) is 8.59. The Hall–Kier alpha value is -3.48. The molecular formula is C36H48ClFN8O3. The van der Waals surface area contributed by atoms with E-state index in [0.717, 1.165) is 79.2 Å². The van der Waals surface area contributed by atoms with Gasteiger partial charge < -0.3 is 25.0 Å². The van der Waals surface area contributed by atoms with Gasteiger partial charge in [0, 0.05) is 57.8 Å². The summed E-state index contributed by atoms with van der Waals surface area (Å²) >= 11 is 0. The molecule has 1 spiro atoms. The SMILES string of the molecule is CN(C)C(=O)c1cc2n(n1)CCCN(c1nc(OC[C@@]34CCCN3C[C@H](F)C4)nc3c1COC1(CCC(C)(C)c4ccc(N)cc41)C3)C2.Cl. The van der Waals surface area contributed by atoms with Gasteiger partial charge in [-0.05, 0) is 73.4 Å². The first-order chi connectivity index (χ1) is 23.0. The molecule has 0 saturated carbocycles. The predicted molar refractivity (Wildman–Crippen MR) is 187 cm³/mol. The number of alkyl halides is 1. The van der Waals surface area contributed by atoms with Gasteiger partial charge in [-0.1, -0.05) is 19.9 Å². The Morgan fingerprint density at radius 1 is 1.10 bits per heavy atom. The summed E-state index contributed by atoms with van der Waals surface area (Å²) in [5, 5.41) is 4.64. The van der Waals surface area contributed by atoms with Gasteiger partial charge in [0.05, 0.1) is 35.7 Å². The summed E-state index contributed by atoms with van der Waals surface area (Å²) < 4.78 is 30.0. The van der Waals surface area contributed by atoms with Crippen LogP contribution >= 0.6 is 12.4 Å². The summed E-state index contributed by atoms with van der Waals surface area (Å²) in [6, 6.07) is 8.45. The fourth-order valence-electron chi connectivity index (χ4n) is 8.92. The van der Waals surface area contributed by atoms with Gasteiger partial charge in [-0.3, -0.25) is 14.4 Å². The highest BCUT2D eigenvalue weighted by atomic mass is 35.5. The van der Waals surface area contributed by atoms with Gasteiger partial charge in [0.15, 0.2) is 5.69 Å². The number of rotatable bonds is 5. The van der Waals surface area contributed by atoms with Gasteiger partial charge in [-0.25, -0.2) is 4.39 Å². The van der Waals surface area contributed by atoms with E-state index in [2.05, 4.69) is 40.9 Å². The van der Waals surface area contributed by atoms with Crippen LogP contribution in [0.2, 0.25) is 0 Å². The zero-order valence-corrected chi connectivity index (χ0v) is 29.8. The van der Waals surface area contributed by atoms with Crippen LogP contribution in [-0.4, -0.2) is 87.5 Å². The number of hydrogen-bond acceptors (Lipinski definition) is 9. The van der Waals surface area contributed by atoms with Crippen LogP contribution in [0.25, 0.3) is 0 Å². The molecule has 1 aliphatic carbocycles. The highest BCUT2D eigenvalue weighted by Crippen LogP contribution is 2.51. The summed E-state index contributed by atoms with van der Waals surface area (Å²) in [6.07, 6.45) is 4.87. The van der Waals surface area contributed by atoms with E-state index in [1.54, 1.807) is 19.0 Å². The van der Waals surface area contributed by atoms with Crippen molar-refractivity contribution in [3.63, 3.8) is 0 Å². The Balaban J connectivity index is 0.00000378. The van der Waals surface area contributed by atoms with Crippen LogP contribution in [0.3, 0.4) is 0 Å². The molecule has 1 amide bonds. The second-order valence-corrected chi connectivity index (χ2v) is 15.5. The molecule has 11 nitrogen and oxygen atoms in total. The summed E-state index contributed by atoms with van der Waals surface area (Å²) in [7, 11) is 3.48. The third-order valence-corrected chi connectivity index (χ3v) is 11.6. The number of aromatic nitrogens is 4. The molecule has 2 fully saturated rings. The number of nitrogen functional groups attached to an aromatic ring is 1. The maximum atomic E-state index is 14.6. The Bertz CT molecular complexity index is 1770. The average Bonchev–Trinajstić information content (AvgIpc) is 3.68. The molecule has 1 unspecified atom stereocenters. The van der Waals surface area contributed by atoms with Gasteiger partial charge in [-0.15, -0.1) is 12.4 Å². The van der Waals surface area contributed by atoms with Crippen molar-refractivity contribution >= 4 is 29.8 Å². The van der Waals surface area contributed by atoms with Crippen molar-refractivity contribution in [3.8, 4) is 6.01 Å². The first kappa shape index (κ1) is 34.0. The maximum Gasteiger partial charge on any atom is 0.318 e. The third kappa shape index (κ3) is 5.83. The fourth-order valence-corrected chi connectivity index (χ4v) is 8.92. The second-order valence-electron chi connectivity index (χ2n) is 15.5. The Labute approximate surface area is 293 Å². The van der Waals surface area contributed by atoms with Crippen molar-refractivity contribution < 1.29 is 18.7 Å². The van der Waals surface area contributed by atoms with Crippen molar-refractivity contribution in [2.75, 3.05) is 51.0 Å². The fraction of sp³-hybridized carbons (Fsp3) is 0.611. The van der Waals surface area contributed by atoms with E-state index in [-0.39, 0.29) is 29.3 Å². The van der Waals surface area contributed by atoms with E-state index >= 15 is 0 Å². The lowest BCUT2D eigenvalue weighted by molar-refractivity contribution is -0.0906. The topological polar surface area (TPSA) is 115 Å². The Morgan fingerprint density at radius 2 is 1.94 bits per heavy atom. The van der Waals surface area contributed by atoms with E-state index in [1.807, 2.05) is 16.8 Å². The van der Waals surface area contributed by atoms with Crippen molar-refractivity contribution in [1.82, 2.24) is 29.5 Å². The number of nitrogens with two attached hydrogens (primary N) is 1. The lowest BCUT2D eigenvalue weighted by atomic mass is 9.65. The van der Waals surface area contributed by atoms with Crippen LogP contribution in [0.5, 0.6) is 6.01 Å². The molecule has 0 radical (unpaired) electrons. The molecule has 2 saturated heterocycles. The lowest BCUT2D eigenvalue weighted by Gasteiger charge is -2.47. The zero-order valence-electron chi connectivity index (χ0n) is 29.0. The number of carbonyl (C=O) groups is 1. The van der Waals surface area contributed by atoms with Crippen molar-refractivity contribution in [1.29, 1.82) is 0 Å². The number of ether oxygens (including phenoxy) is 2. The number of halogens is 2. The molecule has 3 atom stereocenters. The number of aryl methyl sites for hydroxylation is 1. The minimum Gasteiger partial charge on any atom is -0.461 e. The molecule has 0 bridgehead atoms. The molecule has 49 heavy (non-hydrogen) atoms. The third-order valence-electron chi connectivity index (χ3n) is 11.6. The van der Waals surface area contributed by atoms with Gasteiger partial charge in [-0.2, -0.15) is 15.1 Å². The molecule has 2 aromatic heterocycles. The molecule has 264 valence electrons. The molecule has 5 aliphatic rings. The number of amides is 1. The lowest BCUT2D eigenvalue weighted by Crippen LogP contribution is -2.45. The summed E-state index contributed by atoms with van der Waals surface area (Å²) in [5.41, 5.74) is 11.9. The van der Waals surface area contributed by atoms with E-state index in [0.29, 0.717) is 57.4 Å². The van der Waals surface area contributed by atoms with Crippen LogP contribution in [0.15, 0.2) is 24.3 Å². The standard InChI is InChI=1S/C36H47FN8O3.ClH/c1-34(2)10-11-36(28-15-24(38)7-8-27(28)34)18-30-26(21-48-36)31(40-33(39-30)47-22-35-9-5-13-44(35)19-23(37)17-35)43-12-6-14-45-25(20-43)16-29(41-45)32(46)42(3)4;/h7-8,15-16,23H,5-6,9-14,17-22,38H2,1-4H3;1H/t23-,35+,36?;/m1./s1. The highest BCUT2D eigenvalue weighted by molar-refractivity contribution is 5.92. The first-order valence-electron chi connectivity index (χ1n) is 17.4. The number of anilines is 2. The van der Waals surface area contributed by atoms with Gasteiger partial charge in [0.2, 0.25) is 0 Å². The monoisotopic (exact) mass is 694 g/mol. The number of fused-ring (bicyclic) bond motifs is 5. The summed E-state index contributed by atoms with van der Waals surface area (Å²) in [5.74, 6) is 0.676. The van der Waals surface area contributed by atoms with Gasteiger partial charge >= 0.3 is 6.01 Å². The van der Waals surface area contributed by atoms with Crippen molar-refractivity contribution in [2.24, 2.45) is 0 Å². The molecule has 2 N–H and O–H groups in total. The molecule has 13 heteroatoms. The van der Waals surface area contributed by atoms with Crippen molar-refractivity contribution in [2.45, 2.75) is 101 Å². The van der Waals surface area contributed by atoms with E-state index in [9.17, 15) is 9.18 Å². The van der Waals surface area contributed by atoms with Gasteiger partial charge in [0.25, 0.3) is 5.91 Å². The van der Waals surface area contributed by atoms with Gasteiger partial charge in [0.1, 0.15) is 18.6 Å². The number of hydrogen-bond donors (Lipinski definition) is 1. The molecule has 6 heterocycles. The zero-order chi connectivity index (χ0) is 33.4. The Morgan fingerprint density at radius 3 is 2.76 bits per heavy atom. The second kappa shape index (κ2) is 12.4. The molecule has 8 rings (SSSR count). The molecule has 4 aliphatic heterocycles. The normalized spacial score (nSPS) is 27.0. The number of carbonyl (C=O) groups excluding carboxylic acids is 1. The first-order valence-corrected chi connectivity index (χ1v) is 17.4. The van der Waals surface area contributed by atoms with Crippen LogP contribution in [0.1, 0.15) is 90.9 Å². The van der Waals surface area contributed by atoms with E-state index < -0.39 is 11.8 Å². The van der Waals surface area contributed by atoms with Crippen molar-refractivity contribution in [3.05, 3.63) is 58.0 Å². The van der Waals surface area contributed by atoms with Crippen LogP contribution in [0.4, 0.5) is 15.9 Å². The molecule has 1 aromatic carbocycles. The minimum absolute atomic E-state index is 0. The maximum absolute atomic E-state index is 14.6. The smallest absolute Gasteiger partial charge is 0.318 e. The van der Waals surface area contributed by atoms with Crippen LogP contribution in [-0.2, 0) is 41.9 Å². The highest BCUT2D eigenvalue weighted by Gasteiger charge is 2.50. The average molecular weight is 695 g/mol. The molecule has 3 aromatic rings. The predicted octanol–water partition coefficient (Wildman–Crippen LogP) is 4.78. The van der Waals surface area contributed by atoms with Crippen LogP contribution < -0.4 is 15.4 Å². The molecular weight excluding hydrogens is 647 g/mol.